The van der Waals surface area contributed by atoms with Crippen molar-refractivity contribution in [2.45, 2.75) is 78.7 Å². The van der Waals surface area contributed by atoms with E-state index in [1.165, 1.54) is 44.9 Å². The van der Waals surface area contributed by atoms with Crippen LogP contribution in [0.2, 0.25) is 0 Å². The first-order chi connectivity index (χ1) is 8.78. The van der Waals surface area contributed by atoms with E-state index in [1.807, 2.05) is 0 Å². The molecule has 0 radical (unpaired) electrons. The molecule has 0 aromatic heterocycles. The van der Waals surface area contributed by atoms with Gasteiger partial charge in [0.1, 0.15) is 0 Å². The number of carbonyl (C=O) groups excluding carboxylic acids is 1. The Morgan fingerprint density at radius 2 is 1.89 bits per heavy atom. The summed E-state index contributed by atoms with van der Waals surface area (Å²) in [6.07, 6.45) is 9.39. The minimum Gasteiger partial charge on any atom is -0.353 e. The van der Waals surface area contributed by atoms with Crippen LogP contribution in [0.4, 0.5) is 0 Å². The van der Waals surface area contributed by atoms with Crippen molar-refractivity contribution in [3.05, 3.63) is 0 Å². The van der Waals surface area contributed by atoms with Crippen molar-refractivity contribution < 1.29 is 4.79 Å². The second-order valence-electron chi connectivity index (χ2n) is 8.61. The van der Waals surface area contributed by atoms with E-state index < -0.39 is 0 Å². The number of rotatable bonds is 1. The minimum absolute atomic E-state index is 0.161. The number of carbonyl (C=O) groups is 1. The number of amides is 1. The largest absolute Gasteiger partial charge is 0.353 e. The Kier molecular flexibility index (Phi) is 2.82. The van der Waals surface area contributed by atoms with E-state index in [1.54, 1.807) is 6.92 Å². The molecule has 0 aromatic rings. The summed E-state index contributed by atoms with van der Waals surface area (Å²) >= 11 is 0. The van der Waals surface area contributed by atoms with Crippen LogP contribution in [0, 0.1) is 22.2 Å². The summed E-state index contributed by atoms with van der Waals surface area (Å²) in [5.41, 5.74) is 1.35. The third-order valence-electron chi connectivity index (χ3n) is 6.65. The summed E-state index contributed by atoms with van der Waals surface area (Å²) in [6.45, 7) is 9.03. The van der Waals surface area contributed by atoms with Crippen molar-refractivity contribution in [1.29, 1.82) is 0 Å². The van der Waals surface area contributed by atoms with E-state index in [2.05, 4.69) is 26.1 Å². The van der Waals surface area contributed by atoms with Gasteiger partial charge in [-0.2, -0.15) is 0 Å². The van der Waals surface area contributed by atoms with Crippen LogP contribution in [0.3, 0.4) is 0 Å². The lowest BCUT2D eigenvalue weighted by Gasteiger charge is -2.56. The van der Waals surface area contributed by atoms with Gasteiger partial charge in [0, 0.05) is 13.0 Å². The molecule has 3 aliphatic carbocycles. The molecule has 3 aliphatic rings. The second-order valence-corrected chi connectivity index (χ2v) is 8.61. The van der Waals surface area contributed by atoms with Crippen LogP contribution in [0.25, 0.3) is 0 Å². The van der Waals surface area contributed by atoms with Crippen molar-refractivity contribution in [3.63, 3.8) is 0 Å². The number of fused-ring (bicyclic) bond motifs is 1. The van der Waals surface area contributed by atoms with Gasteiger partial charge in [0.2, 0.25) is 5.91 Å². The molecule has 0 saturated heterocycles. The molecular formula is C17H29NO. The van der Waals surface area contributed by atoms with Gasteiger partial charge >= 0.3 is 0 Å². The van der Waals surface area contributed by atoms with Crippen LogP contribution in [0.15, 0.2) is 0 Å². The van der Waals surface area contributed by atoms with E-state index in [0.717, 1.165) is 5.92 Å². The van der Waals surface area contributed by atoms with Crippen LogP contribution < -0.4 is 5.32 Å². The third kappa shape index (κ3) is 1.94. The maximum atomic E-state index is 11.6. The molecule has 19 heavy (non-hydrogen) atoms. The molecule has 108 valence electrons. The van der Waals surface area contributed by atoms with E-state index in [4.69, 9.17) is 0 Å². The minimum atomic E-state index is 0.161. The molecule has 3 fully saturated rings. The molecule has 0 heterocycles. The second kappa shape index (κ2) is 3.99. The SMILES string of the molecule is CC(=O)N[C@H]1CC(C)(C)[C@@H]2CC[C@@]3(C)CCC[C@@]12C3. The molecule has 4 atom stereocenters. The van der Waals surface area contributed by atoms with E-state index in [9.17, 15) is 4.79 Å². The standard InChI is InChI=1S/C17H29NO/c1-12(19)18-14-10-15(2,3)13-6-9-16(4)7-5-8-17(13,14)11-16/h13-14H,5-11H2,1-4H3,(H,18,19)/t13-,14-,16+,17-/m0/s1. The molecule has 2 bridgehead atoms. The molecular weight excluding hydrogens is 234 g/mol. The summed E-state index contributed by atoms with van der Waals surface area (Å²) < 4.78 is 0. The van der Waals surface area contributed by atoms with Crippen molar-refractivity contribution in [2.75, 3.05) is 0 Å². The van der Waals surface area contributed by atoms with Gasteiger partial charge in [-0.05, 0) is 60.7 Å². The molecule has 1 spiro atoms. The fourth-order valence-corrected chi connectivity index (χ4v) is 6.13. The topological polar surface area (TPSA) is 29.1 Å². The van der Waals surface area contributed by atoms with Gasteiger partial charge in [-0.1, -0.05) is 27.2 Å². The first kappa shape index (κ1) is 13.5. The molecule has 1 N–H and O–H groups in total. The van der Waals surface area contributed by atoms with E-state index >= 15 is 0 Å². The Morgan fingerprint density at radius 1 is 1.16 bits per heavy atom. The molecule has 3 rings (SSSR count). The Balaban J connectivity index is 1.97. The van der Waals surface area contributed by atoms with Crippen LogP contribution in [-0.2, 0) is 4.79 Å². The van der Waals surface area contributed by atoms with Crippen LogP contribution in [-0.4, -0.2) is 11.9 Å². The number of nitrogens with one attached hydrogen (secondary N) is 1. The van der Waals surface area contributed by atoms with Gasteiger partial charge < -0.3 is 5.32 Å². The Morgan fingerprint density at radius 3 is 2.58 bits per heavy atom. The van der Waals surface area contributed by atoms with Crippen molar-refractivity contribution in [3.8, 4) is 0 Å². The van der Waals surface area contributed by atoms with Crippen LogP contribution >= 0.6 is 0 Å². The molecule has 0 aromatic carbocycles. The molecule has 0 aliphatic heterocycles. The fraction of sp³-hybridized carbons (Fsp3) is 0.941. The lowest BCUT2D eigenvalue weighted by atomic mass is 9.49. The van der Waals surface area contributed by atoms with Gasteiger partial charge in [0.25, 0.3) is 0 Å². The number of hydrogen-bond acceptors (Lipinski definition) is 1. The first-order valence-corrected chi connectivity index (χ1v) is 8.05. The van der Waals surface area contributed by atoms with Gasteiger partial charge in [-0.15, -0.1) is 0 Å². The van der Waals surface area contributed by atoms with Crippen molar-refractivity contribution >= 4 is 5.91 Å². The van der Waals surface area contributed by atoms with Gasteiger partial charge in [0.05, 0.1) is 0 Å². The van der Waals surface area contributed by atoms with Gasteiger partial charge in [0.15, 0.2) is 0 Å². The summed E-state index contributed by atoms with van der Waals surface area (Å²) in [6, 6.07) is 0.421. The average molecular weight is 263 g/mol. The highest BCUT2D eigenvalue weighted by atomic mass is 16.1. The number of hydrogen-bond donors (Lipinski definition) is 1. The highest BCUT2D eigenvalue weighted by molar-refractivity contribution is 5.73. The quantitative estimate of drug-likeness (QED) is 0.764. The smallest absolute Gasteiger partial charge is 0.217 e. The summed E-state index contributed by atoms with van der Waals surface area (Å²) in [7, 11) is 0. The van der Waals surface area contributed by atoms with Gasteiger partial charge in [-0.3, -0.25) is 4.79 Å². The Labute approximate surface area is 117 Å². The van der Waals surface area contributed by atoms with E-state index in [0.29, 0.717) is 22.3 Å². The summed E-state index contributed by atoms with van der Waals surface area (Å²) in [5.74, 6) is 0.971. The third-order valence-corrected chi connectivity index (χ3v) is 6.65. The zero-order valence-corrected chi connectivity index (χ0v) is 13.0. The zero-order chi connectivity index (χ0) is 13.9. The fourth-order valence-electron chi connectivity index (χ4n) is 6.13. The highest BCUT2D eigenvalue weighted by Crippen LogP contribution is 2.68. The van der Waals surface area contributed by atoms with Crippen LogP contribution in [0.1, 0.15) is 72.6 Å². The van der Waals surface area contributed by atoms with Crippen molar-refractivity contribution in [2.24, 2.45) is 22.2 Å². The Bertz CT molecular complexity index is 402. The maximum Gasteiger partial charge on any atom is 0.217 e. The van der Waals surface area contributed by atoms with Crippen LogP contribution in [0.5, 0.6) is 0 Å². The molecule has 2 nitrogen and oxygen atoms in total. The maximum absolute atomic E-state index is 11.6. The summed E-state index contributed by atoms with van der Waals surface area (Å²) in [4.78, 5) is 11.6. The monoisotopic (exact) mass is 263 g/mol. The first-order valence-electron chi connectivity index (χ1n) is 8.05. The molecule has 3 saturated carbocycles. The van der Waals surface area contributed by atoms with E-state index in [-0.39, 0.29) is 5.91 Å². The lowest BCUT2D eigenvalue weighted by molar-refractivity contribution is -0.122. The summed E-state index contributed by atoms with van der Waals surface area (Å²) in [5, 5.41) is 3.32. The predicted octanol–water partition coefficient (Wildman–Crippen LogP) is 3.90. The predicted molar refractivity (Wildman–Crippen MR) is 77.7 cm³/mol. The van der Waals surface area contributed by atoms with Crippen molar-refractivity contribution in [1.82, 2.24) is 5.32 Å². The van der Waals surface area contributed by atoms with Gasteiger partial charge in [-0.25, -0.2) is 0 Å². The normalized spacial score (nSPS) is 47.6. The molecule has 1 amide bonds. The zero-order valence-electron chi connectivity index (χ0n) is 13.0. The lowest BCUT2D eigenvalue weighted by Crippen LogP contribution is -2.53. The highest BCUT2D eigenvalue weighted by Gasteiger charge is 2.63. The molecule has 2 heteroatoms. The Hall–Kier alpha value is -0.530. The molecule has 0 unspecified atom stereocenters. The average Bonchev–Trinajstić information content (AvgIpc) is 2.44.